The Morgan fingerprint density at radius 2 is 2.10 bits per heavy atom. The Kier molecular flexibility index (Phi) is 4.47. The monoisotopic (exact) mass is 277 g/mol. The third-order valence-corrected chi connectivity index (χ3v) is 3.97. The molecule has 1 aromatic heterocycles. The van der Waals surface area contributed by atoms with Gasteiger partial charge < -0.3 is 15.7 Å². The topological polar surface area (TPSA) is 80.7 Å². The summed E-state index contributed by atoms with van der Waals surface area (Å²) in [6.07, 6.45) is 4.89. The summed E-state index contributed by atoms with van der Waals surface area (Å²) in [6.45, 7) is 5.98. The van der Waals surface area contributed by atoms with Crippen molar-refractivity contribution in [2.75, 3.05) is 0 Å². The molecule has 3 N–H and O–H groups in total. The van der Waals surface area contributed by atoms with Crippen LogP contribution in [-0.2, 0) is 0 Å². The second kappa shape index (κ2) is 6.11. The molecule has 110 valence electrons. The predicted octanol–water partition coefficient (Wildman–Crippen LogP) is 2.75. The summed E-state index contributed by atoms with van der Waals surface area (Å²) in [5.41, 5.74) is 7.95. The molecule has 0 bridgehead atoms. The largest absolute Gasteiger partial charge is 0.489 e. The summed E-state index contributed by atoms with van der Waals surface area (Å²) >= 11 is 0. The fraction of sp³-hybridized carbons (Fsp3) is 0.600. The lowest BCUT2D eigenvalue weighted by atomic mass is 9.88. The molecule has 2 atom stereocenters. The average Bonchev–Trinajstić information content (AvgIpc) is 2.40. The second-order valence-electron chi connectivity index (χ2n) is 5.63. The van der Waals surface area contributed by atoms with Crippen molar-refractivity contribution in [2.24, 2.45) is 16.8 Å². The van der Waals surface area contributed by atoms with Gasteiger partial charge in [0.1, 0.15) is 11.9 Å². The second-order valence-corrected chi connectivity index (χ2v) is 5.63. The highest BCUT2D eigenvalue weighted by atomic mass is 16.5. The van der Waals surface area contributed by atoms with Crippen LogP contribution in [0.15, 0.2) is 11.2 Å². The molecule has 5 heteroatoms. The van der Waals surface area contributed by atoms with Gasteiger partial charge >= 0.3 is 0 Å². The number of rotatable bonds is 3. The van der Waals surface area contributed by atoms with Gasteiger partial charge in [0.25, 0.3) is 0 Å². The molecular formula is C15H23N3O2. The molecule has 20 heavy (non-hydrogen) atoms. The van der Waals surface area contributed by atoms with Crippen LogP contribution in [0.25, 0.3) is 0 Å². The van der Waals surface area contributed by atoms with Crippen LogP contribution >= 0.6 is 0 Å². The molecule has 2 rings (SSSR count). The summed E-state index contributed by atoms with van der Waals surface area (Å²) in [5.74, 6) is 1.25. The van der Waals surface area contributed by atoms with Gasteiger partial charge in [-0.15, -0.1) is 0 Å². The fourth-order valence-electron chi connectivity index (χ4n) is 2.87. The molecular weight excluding hydrogens is 254 g/mol. The van der Waals surface area contributed by atoms with E-state index < -0.39 is 0 Å². The van der Waals surface area contributed by atoms with Crippen molar-refractivity contribution in [1.29, 1.82) is 0 Å². The fourth-order valence-corrected chi connectivity index (χ4v) is 2.87. The number of amidine groups is 1. The van der Waals surface area contributed by atoms with E-state index in [1.54, 1.807) is 0 Å². The lowest BCUT2D eigenvalue weighted by Crippen LogP contribution is -2.29. The summed E-state index contributed by atoms with van der Waals surface area (Å²) in [4.78, 5) is 4.36. The third kappa shape index (κ3) is 3.03. The molecule has 0 radical (unpaired) electrons. The maximum absolute atomic E-state index is 8.94. The number of aromatic nitrogens is 1. The van der Waals surface area contributed by atoms with Gasteiger partial charge in [-0.1, -0.05) is 18.5 Å². The van der Waals surface area contributed by atoms with Crippen LogP contribution in [-0.4, -0.2) is 22.1 Å². The smallest absolute Gasteiger partial charge is 0.175 e. The van der Waals surface area contributed by atoms with Gasteiger partial charge in [-0.05, 0) is 39.0 Å². The maximum Gasteiger partial charge on any atom is 0.175 e. The minimum Gasteiger partial charge on any atom is -0.489 e. The standard InChI is InChI=1S/C15H23N3O2/c1-9-6-4-5-7-12(9)20-13-8-10(2)17-11(3)14(13)15(16)18-19/h8-9,12,19H,4-7H2,1-3H3,(H2,16,18). The SMILES string of the molecule is Cc1cc(OC2CCCCC2C)c(/C(N)=N/O)c(C)n1. The van der Waals surface area contributed by atoms with Crippen molar-refractivity contribution in [2.45, 2.75) is 52.6 Å². The zero-order valence-electron chi connectivity index (χ0n) is 12.4. The molecule has 5 nitrogen and oxygen atoms in total. The zero-order chi connectivity index (χ0) is 14.7. The number of pyridine rings is 1. The number of hydrogen-bond acceptors (Lipinski definition) is 4. The first-order valence-corrected chi connectivity index (χ1v) is 7.15. The van der Waals surface area contributed by atoms with Crippen LogP contribution in [0.4, 0.5) is 0 Å². The number of aryl methyl sites for hydroxylation is 2. The molecule has 0 saturated heterocycles. The maximum atomic E-state index is 8.94. The molecule has 1 heterocycles. The van der Waals surface area contributed by atoms with Crippen molar-refractivity contribution in [1.82, 2.24) is 4.98 Å². The summed E-state index contributed by atoms with van der Waals surface area (Å²) in [5, 5.41) is 12.0. The van der Waals surface area contributed by atoms with Crippen LogP contribution in [0.3, 0.4) is 0 Å². The number of hydrogen-bond donors (Lipinski definition) is 2. The predicted molar refractivity (Wildman–Crippen MR) is 78.3 cm³/mol. The highest BCUT2D eigenvalue weighted by Gasteiger charge is 2.25. The van der Waals surface area contributed by atoms with E-state index in [4.69, 9.17) is 15.7 Å². The van der Waals surface area contributed by atoms with Gasteiger partial charge in [0.05, 0.1) is 11.3 Å². The number of ether oxygens (including phenoxy) is 1. The zero-order valence-corrected chi connectivity index (χ0v) is 12.4. The van der Waals surface area contributed by atoms with Crippen LogP contribution < -0.4 is 10.5 Å². The van der Waals surface area contributed by atoms with E-state index >= 15 is 0 Å². The van der Waals surface area contributed by atoms with Gasteiger partial charge in [0.2, 0.25) is 0 Å². The molecule has 1 fully saturated rings. The molecule has 2 unspecified atom stereocenters. The molecule has 0 aromatic carbocycles. The first kappa shape index (κ1) is 14.6. The Hall–Kier alpha value is -1.78. The summed E-state index contributed by atoms with van der Waals surface area (Å²) in [6, 6.07) is 1.86. The summed E-state index contributed by atoms with van der Waals surface area (Å²) in [7, 11) is 0. The van der Waals surface area contributed by atoms with Gasteiger partial charge in [-0.2, -0.15) is 0 Å². The van der Waals surface area contributed by atoms with E-state index in [9.17, 15) is 0 Å². The van der Waals surface area contributed by atoms with E-state index in [2.05, 4.69) is 17.1 Å². The van der Waals surface area contributed by atoms with Crippen LogP contribution in [0, 0.1) is 19.8 Å². The van der Waals surface area contributed by atoms with Crippen LogP contribution in [0.2, 0.25) is 0 Å². The Balaban J connectivity index is 2.34. The first-order valence-electron chi connectivity index (χ1n) is 7.15. The average molecular weight is 277 g/mol. The quantitative estimate of drug-likeness (QED) is 0.385. The van der Waals surface area contributed by atoms with Crippen LogP contribution in [0.1, 0.15) is 49.6 Å². The van der Waals surface area contributed by atoms with E-state index in [0.717, 1.165) is 17.8 Å². The Bertz CT molecular complexity index is 514. The van der Waals surface area contributed by atoms with Crippen molar-refractivity contribution in [3.05, 3.63) is 23.0 Å². The van der Waals surface area contributed by atoms with Gasteiger partial charge in [-0.3, -0.25) is 4.98 Å². The molecule has 1 aliphatic rings. The molecule has 1 aliphatic carbocycles. The van der Waals surface area contributed by atoms with Gasteiger partial charge in [0.15, 0.2) is 5.84 Å². The van der Waals surface area contributed by atoms with Crippen molar-refractivity contribution < 1.29 is 9.94 Å². The van der Waals surface area contributed by atoms with Crippen molar-refractivity contribution >= 4 is 5.84 Å². The normalized spacial score (nSPS) is 23.6. The highest BCUT2D eigenvalue weighted by molar-refractivity contribution is 6.00. The number of nitrogens with two attached hydrogens (primary N) is 1. The molecule has 0 amide bonds. The third-order valence-electron chi connectivity index (χ3n) is 3.97. The Morgan fingerprint density at radius 3 is 2.75 bits per heavy atom. The van der Waals surface area contributed by atoms with E-state index in [1.807, 2.05) is 19.9 Å². The first-order chi connectivity index (χ1) is 9.52. The molecule has 1 aromatic rings. The lowest BCUT2D eigenvalue weighted by Gasteiger charge is -2.30. The van der Waals surface area contributed by atoms with E-state index in [-0.39, 0.29) is 11.9 Å². The van der Waals surface area contributed by atoms with Crippen LogP contribution in [0.5, 0.6) is 5.75 Å². The molecule has 0 spiro atoms. The minimum atomic E-state index is 0.0495. The lowest BCUT2D eigenvalue weighted by molar-refractivity contribution is 0.102. The Labute approximate surface area is 119 Å². The summed E-state index contributed by atoms with van der Waals surface area (Å²) < 4.78 is 6.17. The number of oxime groups is 1. The highest BCUT2D eigenvalue weighted by Crippen LogP contribution is 2.30. The number of nitrogens with zero attached hydrogens (tertiary/aromatic N) is 2. The van der Waals surface area contributed by atoms with Gasteiger partial charge in [0, 0.05) is 11.8 Å². The molecule has 1 saturated carbocycles. The van der Waals surface area contributed by atoms with E-state index in [0.29, 0.717) is 17.2 Å². The minimum absolute atomic E-state index is 0.0495. The molecule has 0 aliphatic heterocycles. The van der Waals surface area contributed by atoms with Crippen molar-refractivity contribution in [3.63, 3.8) is 0 Å². The van der Waals surface area contributed by atoms with E-state index in [1.165, 1.54) is 19.3 Å². The van der Waals surface area contributed by atoms with Crippen molar-refractivity contribution in [3.8, 4) is 5.75 Å². The van der Waals surface area contributed by atoms with Gasteiger partial charge in [-0.25, -0.2) is 0 Å². The Morgan fingerprint density at radius 1 is 1.40 bits per heavy atom.